The van der Waals surface area contributed by atoms with Gasteiger partial charge in [0.2, 0.25) is 10.0 Å². The fourth-order valence-electron chi connectivity index (χ4n) is 2.21. The van der Waals surface area contributed by atoms with Crippen LogP contribution in [0.5, 0.6) is 5.75 Å². The van der Waals surface area contributed by atoms with Gasteiger partial charge in [0.05, 0.1) is 16.1 Å². The maximum atomic E-state index is 12.9. The standard InChI is InChI=1S/C18H19F3N2O4S/c1-2-11-22-28(25,26)14-9-7-13(8-10-14)27-12-17(24)23-16-6-4-3-5-15(16)18(19,20)21/h3-10,22H,2,11-12H2,1H3,(H,23,24). The molecule has 0 radical (unpaired) electrons. The highest BCUT2D eigenvalue weighted by Crippen LogP contribution is 2.34. The van der Waals surface area contributed by atoms with Crippen LogP contribution in [-0.4, -0.2) is 27.5 Å². The molecule has 0 heterocycles. The first-order valence-electron chi connectivity index (χ1n) is 8.32. The summed E-state index contributed by atoms with van der Waals surface area (Å²) in [6, 6.07) is 9.94. The van der Waals surface area contributed by atoms with E-state index >= 15 is 0 Å². The second-order valence-electron chi connectivity index (χ2n) is 5.75. The number of anilines is 1. The number of ether oxygens (including phenoxy) is 1. The number of carbonyl (C=O) groups excluding carboxylic acids is 1. The van der Waals surface area contributed by atoms with E-state index < -0.39 is 34.3 Å². The molecule has 0 unspecified atom stereocenters. The molecular formula is C18H19F3N2O4S. The second-order valence-corrected chi connectivity index (χ2v) is 7.52. The average Bonchev–Trinajstić information content (AvgIpc) is 2.65. The molecule has 0 aromatic heterocycles. The number of hydrogen-bond acceptors (Lipinski definition) is 4. The van der Waals surface area contributed by atoms with Gasteiger partial charge in [0.1, 0.15) is 5.75 Å². The molecule has 0 aliphatic carbocycles. The minimum absolute atomic E-state index is 0.0388. The quantitative estimate of drug-likeness (QED) is 0.691. The molecule has 10 heteroatoms. The van der Waals surface area contributed by atoms with Gasteiger partial charge in [-0.25, -0.2) is 13.1 Å². The van der Waals surface area contributed by atoms with E-state index in [1.165, 1.54) is 36.4 Å². The highest BCUT2D eigenvalue weighted by atomic mass is 32.2. The Balaban J connectivity index is 1.97. The number of alkyl halides is 3. The number of benzene rings is 2. The van der Waals surface area contributed by atoms with Crippen LogP contribution in [0.3, 0.4) is 0 Å². The number of para-hydroxylation sites is 1. The summed E-state index contributed by atoms with van der Waals surface area (Å²) >= 11 is 0. The van der Waals surface area contributed by atoms with Crippen LogP contribution in [-0.2, 0) is 21.0 Å². The second kappa shape index (κ2) is 9.07. The lowest BCUT2D eigenvalue weighted by Gasteiger charge is -2.14. The monoisotopic (exact) mass is 416 g/mol. The molecular weight excluding hydrogens is 397 g/mol. The molecule has 0 spiro atoms. The minimum atomic E-state index is -4.60. The molecule has 0 aliphatic heterocycles. The Bertz CT molecular complexity index is 913. The fourth-order valence-corrected chi connectivity index (χ4v) is 3.34. The maximum absolute atomic E-state index is 12.9. The summed E-state index contributed by atoms with van der Waals surface area (Å²) in [5.41, 5.74) is -1.33. The normalized spacial score (nSPS) is 11.9. The molecule has 2 aromatic rings. The average molecular weight is 416 g/mol. The van der Waals surface area contributed by atoms with E-state index in [4.69, 9.17) is 4.74 Å². The lowest BCUT2D eigenvalue weighted by atomic mass is 10.1. The topological polar surface area (TPSA) is 84.5 Å². The number of amides is 1. The summed E-state index contributed by atoms with van der Waals surface area (Å²) in [6.07, 6.45) is -3.95. The molecule has 28 heavy (non-hydrogen) atoms. The summed E-state index contributed by atoms with van der Waals surface area (Å²) in [6.45, 7) is 1.60. The molecule has 0 aliphatic rings. The number of hydrogen-bond donors (Lipinski definition) is 2. The highest BCUT2D eigenvalue weighted by molar-refractivity contribution is 7.89. The van der Waals surface area contributed by atoms with Gasteiger partial charge in [0.15, 0.2) is 6.61 Å². The lowest BCUT2D eigenvalue weighted by molar-refractivity contribution is -0.137. The predicted octanol–water partition coefficient (Wildman–Crippen LogP) is 3.41. The van der Waals surface area contributed by atoms with E-state index in [1.54, 1.807) is 0 Å². The molecule has 2 N–H and O–H groups in total. The van der Waals surface area contributed by atoms with E-state index in [9.17, 15) is 26.4 Å². The number of sulfonamides is 1. The Morgan fingerprint density at radius 1 is 1.07 bits per heavy atom. The van der Waals surface area contributed by atoms with Crippen LogP contribution >= 0.6 is 0 Å². The van der Waals surface area contributed by atoms with Crippen LogP contribution in [0.2, 0.25) is 0 Å². The van der Waals surface area contributed by atoms with Crippen LogP contribution in [0.1, 0.15) is 18.9 Å². The van der Waals surface area contributed by atoms with Crippen molar-refractivity contribution in [1.29, 1.82) is 0 Å². The van der Waals surface area contributed by atoms with Gasteiger partial charge in [0.25, 0.3) is 5.91 Å². The number of rotatable bonds is 8. The molecule has 0 saturated heterocycles. The van der Waals surface area contributed by atoms with E-state index in [2.05, 4.69) is 10.0 Å². The molecule has 0 atom stereocenters. The lowest BCUT2D eigenvalue weighted by Crippen LogP contribution is -2.24. The van der Waals surface area contributed by atoms with Crippen LogP contribution in [0.4, 0.5) is 18.9 Å². The summed E-state index contributed by atoms with van der Waals surface area (Å²) in [5.74, 6) is -0.577. The summed E-state index contributed by atoms with van der Waals surface area (Å²) in [4.78, 5) is 11.9. The molecule has 0 bridgehead atoms. The first-order valence-corrected chi connectivity index (χ1v) is 9.80. The Labute approximate surface area is 160 Å². The van der Waals surface area contributed by atoms with Crippen molar-refractivity contribution in [3.05, 3.63) is 54.1 Å². The van der Waals surface area contributed by atoms with Crippen LogP contribution in [0.15, 0.2) is 53.4 Å². The molecule has 2 rings (SSSR count). The third kappa shape index (κ3) is 5.96. The van der Waals surface area contributed by atoms with Gasteiger partial charge in [0, 0.05) is 6.54 Å². The molecule has 6 nitrogen and oxygen atoms in total. The smallest absolute Gasteiger partial charge is 0.418 e. The van der Waals surface area contributed by atoms with Crippen molar-refractivity contribution in [2.45, 2.75) is 24.4 Å². The fraction of sp³-hybridized carbons (Fsp3) is 0.278. The first-order chi connectivity index (χ1) is 13.1. The van der Waals surface area contributed by atoms with E-state index in [-0.39, 0.29) is 16.3 Å². The maximum Gasteiger partial charge on any atom is 0.418 e. The van der Waals surface area contributed by atoms with Gasteiger partial charge < -0.3 is 10.1 Å². The largest absolute Gasteiger partial charge is 0.484 e. The summed E-state index contributed by atoms with van der Waals surface area (Å²) < 4.78 is 70.3. The predicted molar refractivity (Wildman–Crippen MR) is 97.5 cm³/mol. The zero-order valence-corrected chi connectivity index (χ0v) is 15.7. The van der Waals surface area contributed by atoms with E-state index in [1.807, 2.05) is 6.92 Å². The van der Waals surface area contributed by atoms with Crippen molar-refractivity contribution in [2.75, 3.05) is 18.5 Å². The van der Waals surface area contributed by atoms with Crippen molar-refractivity contribution < 1.29 is 31.1 Å². The number of nitrogens with one attached hydrogen (secondary N) is 2. The van der Waals surface area contributed by atoms with Crippen molar-refractivity contribution >= 4 is 21.6 Å². The van der Waals surface area contributed by atoms with Gasteiger partial charge in [-0.3, -0.25) is 4.79 Å². The Morgan fingerprint density at radius 2 is 1.71 bits per heavy atom. The molecule has 1 amide bonds. The minimum Gasteiger partial charge on any atom is -0.484 e. The van der Waals surface area contributed by atoms with Crippen LogP contribution < -0.4 is 14.8 Å². The van der Waals surface area contributed by atoms with Gasteiger partial charge in [-0.05, 0) is 42.8 Å². The SMILES string of the molecule is CCCNS(=O)(=O)c1ccc(OCC(=O)Nc2ccccc2C(F)(F)F)cc1. The Hall–Kier alpha value is -2.59. The van der Waals surface area contributed by atoms with Crippen molar-refractivity contribution in [3.63, 3.8) is 0 Å². The van der Waals surface area contributed by atoms with Crippen LogP contribution in [0, 0.1) is 0 Å². The van der Waals surface area contributed by atoms with Gasteiger partial charge >= 0.3 is 6.18 Å². The van der Waals surface area contributed by atoms with Gasteiger partial charge in [-0.2, -0.15) is 13.2 Å². The summed E-state index contributed by atoms with van der Waals surface area (Å²) in [5, 5.41) is 2.16. The van der Waals surface area contributed by atoms with Gasteiger partial charge in [-0.15, -0.1) is 0 Å². The van der Waals surface area contributed by atoms with Crippen molar-refractivity contribution in [1.82, 2.24) is 4.72 Å². The zero-order chi connectivity index (χ0) is 20.8. The van der Waals surface area contributed by atoms with E-state index in [0.29, 0.717) is 13.0 Å². The highest BCUT2D eigenvalue weighted by Gasteiger charge is 2.33. The zero-order valence-electron chi connectivity index (χ0n) is 14.9. The molecule has 2 aromatic carbocycles. The number of halogens is 3. The first kappa shape index (κ1) is 21.7. The molecule has 0 fully saturated rings. The van der Waals surface area contributed by atoms with Crippen molar-refractivity contribution in [2.24, 2.45) is 0 Å². The number of carbonyl (C=O) groups is 1. The molecule has 152 valence electrons. The Morgan fingerprint density at radius 3 is 2.32 bits per heavy atom. The molecule has 0 saturated carbocycles. The van der Waals surface area contributed by atoms with Crippen molar-refractivity contribution in [3.8, 4) is 5.75 Å². The third-order valence-electron chi connectivity index (χ3n) is 3.55. The van der Waals surface area contributed by atoms with E-state index in [0.717, 1.165) is 12.1 Å². The van der Waals surface area contributed by atoms with Gasteiger partial charge in [-0.1, -0.05) is 19.1 Å². The third-order valence-corrected chi connectivity index (χ3v) is 5.03. The summed E-state index contributed by atoms with van der Waals surface area (Å²) in [7, 11) is -3.62. The Kier molecular flexibility index (Phi) is 7.03. The van der Waals surface area contributed by atoms with Crippen LogP contribution in [0.25, 0.3) is 0 Å².